The van der Waals surface area contributed by atoms with E-state index < -0.39 is 17.1 Å². The number of ether oxygens (including phenoxy) is 1. The highest BCUT2D eigenvalue weighted by Gasteiger charge is 2.33. The average Bonchev–Trinajstić information content (AvgIpc) is 3.27. The second-order valence-corrected chi connectivity index (χ2v) is 11.4. The van der Waals surface area contributed by atoms with E-state index in [2.05, 4.69) is 35.9 Å². The molecule has 0 spiro atoms. The van der Waals surface area contributed by atoms with Crippen molar-refractivity contribution in [2.45, 2.75) is 57.6 Å². The Balaban J connectivity index is 1.39. The molecule has 14 heteroatoms. The van der Waals surface area contributed by atoms with Crippen LogP contribution in [0.25, 0.3) is 5.69 Å². The van der Waals surface area contributed by atoms with Crippen LogP contribution in [0, 0.1) is 11.7 Å². The minimum absolute atomic E-state index is 0.00770. The van der Waals surface area contributed by atoms with Crippen LogP contribution in [0.1, 0.15) is 46.0 Å². The summed E-state index contributed by atoms with van der Waals surface area (Å²) in [6.45, 7) is 6.00. The predicted molar refractivity (Wildman–Crippen MR) is 149 cm³/mol. The van der Waals surface area contributed by atoms with Gasteiger partial charge in [0, 0.05) is 25.7 Å². The van der Waals surface area contributed by atoms with Crippen molar-refractivity contribution in [2.24, 2.45) is 13.0 Å². The van der Waals surface area contributed by atoms with Gasteiger partial charge >= 0.3 is 5.69 Å². The van der Waals surface area contributed by atoms with Crippen LogP contribution in [0.3, 0.4) is 0 Å². The van der Waals surface area contributed by atoms with Gasteiger partial charge in [-0.1, -0.05) is 18.0 Å². The van der Waals surface area contributed by atoms with E-state index in [4.69, 9.17) is 16.3 Å². The number of benzene rings is 1. The Labute approximate surface area is 236 Å². The van der Waals surface area contributed by atoms with Gasteiger partial charge in [0.15, 0.2) is 11.6 Å². The van der Waals surface area contributed by atoms with Crippen molar-refractivity contribution in [3.63, 3.8) is 0 Å². The maximum atomic E-state index is 15.3. The van der Waals surface area contributed by atoms with Gasteiger partial charge in [0.25, 0.3) is 0 Å². The van der Waals surface area contributed by atoms with Crippen LogP contribution in [0.15, 0.2) is 23.1 Å². The fourth-order valence-corrected chi connectivity index (χ4v) is 5.55. The maximum Gasteiger partial charge on any atom is 0.368 e. The number of nitrogens with zero attached hydrogens (tertiary/aromatic N) is 7. The minimum Gasteiger partial charge on any atom is -0.483 e. The van der Waals surface area contributed by atoms with Gasteiger partial charge in [-0.3, -0.25) is 0 Å². The summed E-state index contributed by atoms with van der Waals surface area (Å²) in [5.74, 6) is 0.404. The molecule has 2 fully saturated rings. The molecule has 40 heavy (non-hydrogen) atoms. The topological polar surface area (TPSA) is 135 Å². The number of piperidine rings is 2. The largest absolute Gasteiger partial charge is 0.483 e. The van der Waals surface area contributed by atoms with Crippen LogP contribution in [0.5, 0.6) is 5.75 Å². The first kappa shape index (κ1) is 28.2. The van der Waals surface area contributed by atoms with Gasteiger partial charge in [-0.15, -0.1) is 0 Å². The van der Waals surface area contributed by atoms with E-state index in [1.165, 1.54) is 58.1 Å². The Morgan fingerprint density at radius 3 is 2.75 bits per heavy atom. The summed E-state index contributed by atoms with van der Waals surface area (Å²) in [5.41, 5.74) is -1.49. The number of aromatic nitrogens is 6. The fraction of sp³-hybridized carbons (Fsp3) is 0.577. The van der Waals surface area contributed by atoms with Crippen LogP contribution in [0.4, 0.5) is 21.8 Å². The number of hydrogen-bond acceptors (Lipinski definition) is 10. The molecule has 3 aromatic rings. The number of aryl methyl sites for hydroxylation is 1. The first-order valence-electron chi connectivity index (χ1n) is 13.6. The van der Waals surface area contributed by atoms with Gasteiger partial charge in [-0.05, 0) is 75.0 Å². The molecule has 0 aliphatic carbocycles. The number of aliphatic hydroxyl groups excluding tert-OH is 1. The second kappa shape index (κ2) is 11.7. The zero-order valence-electron chi connectivity index (χ0n) is 22.9. The van der Waals surface area contributed by atoms with Crippen molar-refractivity contribution >= 4 is 29.1 Å². The van der Waals surface area contributed by atoms with E-state index in [-0.39, 0.29) is 29.7 Å². The summed E-state index contributed by atoms with van der Waals surface area (Å²) in [4.78, 5) is 23.9. The first-order valence-corrected chi connectivity index (χ1v) is 13.9. The zero-order valence-corrected chi connectivity index (χ0v) is 23.7. The van der Waals surface area contributed by atoms with Gasteiger partial charge in [0.1, 0.15) is 22.1 Å². The Morgan fingerprint density at radius 1 is 1.20 bits per heavy atom. The maximum absolute atomic E-state index is 15.3. The molecule has 0 radical (unpaired) electrons. The van der Waals surface area contributed by atoms with Crippen molar-refractivity contribution < 1.29 is 14.2 Å². The van der Waals surface area contributed by atoms with E-state index in [1.807, 2.05) is 0 Å². The molecule has 2 aliphatic heterocycles. The molecule has 3 N–H and O–H groups in total. The number of hydrogen-bond donors (Lipinski definition) is 3. The molecular weight excluding hydrogens is 541 g/mol. The summed E-state index contributed by atoms with van der Waals surface area (Å²) < 4.78 is 23.2. The molecule has 1 aromatic carbocycles. The predicted octanol–water partition coefficient (Wildman–Crippen LogP) is 3.12. The lowest BCUT2D eigenvalue weighted by Crippen LogP contribution is -2.49. The third-order valence-electron chi connectivity index (χ3n) is 7.52. The lowest BCUT2D eigenvalue weighted by molar-refractivity contribution is 0.0408. The van der Waals surface area contributed by atoms with Crippen LogP contribution in [0.2, 0.25) is 5.02 Å². The quantitative estimate of drug-likeness (QED) is 0.349. The Hall–Kier alpha value is -3.29. The normalized spacial score (nSPS) is 19.8. The van der Waals surface area contributed by atoms with E-state index in [0.29, 0.717) is 22.8 Å². The number of fused-ring (bicyclic) bond motifs is 1. The second-order valence-electron chi connectivity index (χ2n) is 11.0. The van der Waals surface area contributed by atoms with E-state index in [9.17, 15) is 9.90 Å². The molecule has 0 saturated carbocycles. The van der Waals surface area contributed by atoms with Crippen molar-refractivity contribution in [1.82, 2.24) is 34.7 Å². The monoisotopic (exact) mass is 575 g/mol. The molecule has 216 valence electrons. The van der Waals surface area contributed by atoms with Gasteiger partial charge in [-0.25, -0.2) is 14.2 Å². The SMILES string of the molecule is Cn1nnn(-c2cc(Nc3ncc(Cl)c(NC[C@@H]4CCCN5CCCC[C@H]45)n3)c(F)cc2OC(C)(C)CO)c1=O. The van der Waals surface area contributed by atoms with Gasteiger partial charge < -0.3 is 25.4 Å². The highest BCUT2D eigenvalue weighted by atomic mass is 35.5. The molecule has 5 rings (SSSR count). The summed E-state index contributed by atoms with van der Waals surface area (Å²) >= 11 is 6.41. The van der Waals surface area contributed by atoms with Crippen LogP contribution < -0.4 is 21.1 Å². The number of rotatable bonds is 9. The lowest BCUT2D eigenvalue weighted by Gasteiger charge is -2.44. The van der Waals surface area contributed by atoms with Crippen LogP contribution in [-0.2, 0) is 7.05 Å². The standard InChI is InChI=1S/C26H35ClFN9O3/c1-26(2,15-38)40-22-11-18(28)19(12-21(22)37-25(39)35(3)33-34-37)31-24-30-14-17(27)23(32-24)29-13-16-7-6-10-36-9-5-4-8-20(16)36/h11-12,14,16,20,38H,4-10,13,15H2,1-3H3,(H2,29,30,31,32)/t16-,20+/m0/s1. The third-order valence-corrected chi connectivity index (χ3v) is 7.79. The van der Waals surface area contributed by atoms with Crippen molar-refractivity contribution in [3.8, 4) is 11.4 Å². The van der Waals surface area contributed by atoms with E-state index >= 15 is 4.39 Å². The smallest absolute Gasteiger partial charge is 0.368 e. The molecule has 12 nitrogen and oxygen atoms in total. The summed E-state index contributed by atoms with van der Waals surface area (Å²) in [6.07, 6.45) is 7.52. The third kappa shape index (κ3) is 6.06. The number of halogens is 2. The number of tetrazole rings is 1. The number of anilines is 3. The number of aliphatic hydroxyl groups is 1. The molecule has 0 unspecified atom stereocenters. The van der Waals surface area contributed by atoms with Gasteiger partial charge in [0.05, 0.1) is 18.5 Å². The fourth-order valence-electron chi connectivity index (χ4n) is 5.40. The van der Waals surface area contributed by atoms with Crippen molar-refractivity contribution in [3.05, 3.63) is 39.7 Å². The van der Waals surface area contributed by atoms with Crippen LogP contribution >= 0.6 is 11.6 Å². The summed E-state index contributed by atoms with van der Waals surface area (Å²) in [6, 6.07) is 3.05. The zero-order chi connectivity index (χ0) is 28.4. The summed E-state index contributed by atoms with van der Waals surface area (Å²) in [5, 5.41) is 23.9. The average molecular weight is 576 g/mol. The molecule has 0 amide bonds. The van der Waals surface area contributed by atoms with Gasteiger partial charge in [0.2, 0.25) is 5.95 Å². The minimum atomic E-state index is -1.05. The highest BCUT2D eigenvalue weighted by Crippen LogP contribution is 2.34. The highest BCUT2D eigenvalue weighted by molar-refractivity contribution is 6.32. The molecule has 2 aliphatic rings. The van der Waals surface area contributed by atoms with Crippen LogP contribution in [-0.4, -0.2) is 77.6 Å². The summed E-state index contributed by atoms with van der Waals surface area (Å²) in [7, 11) is 1.45. The molecule has 2 saturated heterocycles. The molecule has 2 aromatic heterocycles. The van der Waals surface area contributed by atoms with E-state index in [1.54, 1.807) is 13.8 Å². The molecule has 0 bridgehead atoms. The Kier molecular flexibility index (Phi) is 8.24. The lowest BCUT2D eigenvalue weighted by atomic mass is 9.83. The Bertz CT molecular complexity index is 1410. The van der Waals surface area contributed by atoms with Crippen molar-refractivity contribution in [1.29, 1.82) is 0 Å². The first-order chi connectivity index (χ1) is 19.1. The molecular formula is C26H35ClFN9O3. The van der Waals surface area contributed by atoms with E-state index in [0.717, 1.165) is 28.4 Å². The van der Waals surface area contributed by atoms with Gasteiger partial charge in [-0.2, -0.15) is 14.3 Å². The molecule has 2 atom stereocenters. The van der Waals surface area contributed by atoms with Crippen molar-refractivity contribution in [2.75, 3.05) is 36.9 Å². The Morgan fingerprint density at radius 2 is 2.00 bits per heavy atom. The number of nitrogens with one attached hydrogen (secondary N) is 2. The molecule has 4 heterocycles.